The van der Waals surface area contributed by atoms with E-state index in [1.807, 2.05) is 12.1 Å². The smallest absolute Gasteiger partial charge is 0.278 e. The van der Waals surface area contributed by atoms with E-state index in [0.29, 0.717) is 17.1 Å². The summed E-state index contributed by atoms with van der Waals surface area (Å²) in [7, 11) is 3.24. The summed E-state index contributed by atoms with van der Waals surface area (Å²) in [5.74, 6) is 1.23. The number of methoxy groups -OCH3 is 1. The molecule has 6 heteroatoms. The molecule has 1 saturated heterocycles. The maximum Gasteiger partial charge on any atom is 0.278 e. The van der Waals surface area contributed by atoms with Gasteiger partial charge in [0.25, 0.3) is 5.56 Å². The number of hydrogen-bond acceptors (Lipinski definition) is 5. The molecule has 2 heterocycles. The lowest BCUT2D eigenvalue weighted by molar-refractivity contribution is 0.410. The number of hydrogen-bond donors (Lipinski definition) is 1. The molecule has 0 amide bonds. The average Bonchev–Trinajstić information content (AvgIpc) is 2.57. The zero-order valence-electron chi connectivity index (χ0n) is 13.1. The fourth-order valence-electron chi connectivity index (χ4n) is 3.09. The highest BCUT2D eigenvalue weighted by molar-refractivity contribution is 5.90. The Morgan fingerprint density at radius 3 is 2.73 bits per heavy atom. The van der Waals surface area contributed by atoms with E-state index in [0.717, 1.165) is 43.5 Å². The lowest BCUT2D eigenvalue weighted by Crippen LogP contribution is -2.36. The van der Waals surface area contributed by atoms with Crippen LogP contribution >= 0.6 is 0 Å². The van der Waals surface area contributed by atoms with E-state index in [1.165, 1.54) is 4.68 Å². The molecular weight excluding hydrogens is 280 g/mol. The Morgan fingerprint density at radius 2 is 2.09 bits per heavy atom. The Balaban J connectivity index is 2.02. The van der Waals surface area contributed by atoms with Crippen LogP contribution in [0.1, 0.15) is 12.8 Å². The normalized spacial score (nSPS) is 16.2. The van der Waals surface area contributed by atoms with Crippen molar-refractivity contribution in [2.75, 3.05) is 31.6 Å². The Hall–Kier alpha value is -2.08. The summed E-state index contributed by atoms with van der Waals surface area (Å²) in [5.41, 5.74) is 6.70. The van der Waals surface area contributed by atoms with Crippen molar-refractivity contribution in [2.24, 2.45) is 18.7 Å². The maximum atomic E-state index is 12.3. The van der Waals surface area contributed by atoms with Crippen molar-refractivity contribution < 1.29 is 4.74 Å². The monoisotopic (exact) mass is 302 g/mol. The van der Waals surface area contributed by atoms with Crippen LogP contribution < -0.4 is 20.9 Å². The summed E-state index contributed by atoms with van der Waals surface area (Å²) in [6.07, 6.45) is 3.92. The van der Waals surface area contributed by atoms with E-state index in [4.69, 9.17) is 10.5 Å². The lowest BCUT2D eigenvalue weighted by Gasteiger charge is -2.33. The van der Waals surface area contributed by atoms with Gasteiger partial charge in [-0.05, 0) is 31.4 Å². The molecule has 0 atom stereocenters. The number of nitrogens with two attached hydrogens (primary N) is 1. The Kier molecular flexibility index (Phi) is 4.02. The molecule has 0 spiro atoms. The molecule has 0 saturated carbocycles. The van der Waals surface area contributed by atoms with Crippen molar-refractivity contribution in [2.45, 2.75) is 12.8 Å². The molecule has 1 fully saturated rings. The van der Waals surface area contributed by atoms with E-state index in [2.05, 4.69) is 10.00 Å². The molecule has 118 valence electrons. The third-order valence-electron chi connectivity index (χ3n) is 4.53. The minimum atomic E-state index is -0.136. The van der Waals surface area contributed by atoms with Gasteiger partial charge in [0.1, 0.15) is 5.75 Å². The number of fused-ring (bicyclic) bond motifs is 1. The van der Waals surface area contributed by atoms with Crippen LogP contribution in [0.2, 0.25) is 0 Å². The predicted octanol–water partition coefficient (Wildman–Crippen LogP) is 1.12. The zero-order chi connectivity index (χ0) is 15.7. The quantitative estimate of drug-likeness (QED) is 0.919. The summed E-state index contributed by atoms with van der Waals surface area (Å²) in [6, 6.07) is 3.97. The van der Waals surface area contributed by atoms with Gasteiger partial charge in [-0.25, -0.2) is 4.68 Å². The highest BCUT2D eigenvalue weighted by atomic mass is 16.5. The minimum Gasteiger partial charge on any atom is -0.496 e. The molecule has 22 heavy (non-hydrogen) atoms. The number of aromatic nitrogens is 2. The number of nitrogens with zero attached hydrogens (tertiary/aromatic N) is 3. The van der Waals surface area contributed by atoms with Crippen LogP contribution in [-0.4, -0.2) is 36.5 Å². The topological polar surface area (TPSA) is 73.4 Å². The lowest BCUT2D eigenvalue weighted by atomic mass is 9.96. The van der Waals surface area contributed by atoms with Gasteiger partial charge in [0, 0.05) is 37.3 Å². The van der Waals surface area contributed by atoms with E-state index in [-0.39, 0.29) is 5.56 Å². The van der Waals surface area contributed by atoms with Gasteiger partial charge in [0.05, 0.1) is 18.7 Å². The van der Waals surface area contributed by atoms with Crippen LogP contribution in [0, 0.1) is 5.92 Å². The highest BCUT2D eigenvalue weighted by Gasteiger charge is 2.20. The van der Waals surface area contributed by atoms with Crippen molar-refractivity contribution in [3.63, 3.8) is 0 Å². The van der Waals surface area contributed by atoms with Gasteiger partial charge in [-0.1, -0.05) is 0 Å². The third-order valence-corrected chi connectivity index (χ3v) is 4.53. The van der Waals surface area contributed by atoms with Crippen molar-refractivity contribution >= 4 is 16.5 Å². The van der Waals surface area contributed by atoms with E-state index in [1.54, 1.807) is 20.4 Å². The Labute approximate surface area is 129 Å². The second-order valence-electron chi connectivity index (χ2n) is 5.85. The fourth-order valence-corrected chi connectivity index (χ4v) is 3.09. The Bertz CT molecular complexity index is 733. The second kappa shape index (κ2) is 5.96. The molecule has 3 rings (SSSR count). The first-order valence-corrected chi connectivity index (χ1v) is 7.63. The standard InChI is InChI=1S/C16H22N4O2/c1-19-16(21)15-12(10-18-19)7-13(8-14(15)22-2)20-5-3-11(9-17)4-6-20/h7-8,10-11H,3-6,9,17H2,1-2H3. The first-order valence-electron chi connectivity index (χ1n) is 7.63. The maximum absolute atomic E-state index is 12.3. The van der Waals surface area contributed by atoms with Gasteiger partial charge in [-0.15, -0.1) is 0 Å². The molecule has 0 unspecified atom stereocenters. The molecule has 0 bridgehead atoms. The van der Waals surface area contributed by atoms with Crippen molar-refractivity contribution in [3.8, 4) is 5.75 Å². The largest absolute Gasteiger partial charge is 0.496 e. The molecule has 0 radical (unpaired) electrons. The summed E-state index contributed by atoms with van der Waals surface area (Å²) < 4.78 is 6.78. The van der Waals surface area contributed by atoms with Crippen molar-refractivity contribution in [1.82, 2.24) is 9.78 Å². The third kappa shape index (κ3) is 2.54. The molecule has 1 aliphatic heterocycles. The second-order valence-corrected chi connectivity index (χ2v) is 5.85. The number of benzene rings is 1. The molecule has 1 aliphatic rings. The zero-order valence-corrected chi connectivity index (χ0v) is 13.1. The SMILES string of the molecule is COc1cc(N2CCC(CN)CC2)cc2cnn(C)c(=O)c12. The number of rotatable bonds is 3. The fraction of sp³-hybridized carbons (Fsp3) is 0.500. The molecule has 1 aromatic heterocycles. The van der Waals surface area contributed by atoms with E-state index < -0.39 is 0 Å². The van der Waals surface area contributed by atoms with Gasteiger partial charge in [-0.2, -0.15) is 5.10 Å². The molecule has 0 aliphatic carbocycles. The first kappa shape index (κ1) is 14.8. The molecule has 1 aromatic carbocycles. The first-order chi connectivity index (χ1) is 10.6. The van der Waals surface area contributed by atoms with Gasteiger partial charge in [-0.3, -0.25) is 4.79 Å². The number of ether oxygens (including phenoxy) is 1. The van der Waals surface area contributed by atoms with E-state index in [9.17, 15) is 4.79 Å². The number of piperidine rings is 1. The van der Waals surface area contributed by atoms with Crippen molar-refractivity contribution in [3.05, 3.63) is 28.7 Å². The van der Waals surface area contributed by atoms with E-state index >= 15 is 0 Å². The van der Waals surface area contributed by atoms with Crippen LogP contribution in [0.25, 0.3) is 10.8 Å². The van der Waals surface area contributed by atoms with Gasteiger partial charge >= 0.3 is 0 Å². The molecular formula is C16H22N4O2. The molecule has 2 aromatic rings. The molecule has 6 nitrogen and oxygen atoms in total. The molecule has 2 N–H and O–H groups in total. The van der Waals surface area contributed by atoms with Crippen LogP contribution in [0.4, 0.5) is 5.69 Å². The van der Waals surface area contributed by atoms with Crippen LogP contribution in [0.3, 0.4) is 0 Å². The Morgan fingerprint density at radius 1 is 1.36 bits per heavy atom. The van der Waals surface area contributed by atoms with Gasteiger partial charge in [0.15, 0.2) is 0 Å². The minimum absolute atomic E-state index is 0.136. The summed E-state index contributed by atoms with van der Waals surface area (Å²) >= 11 is 0. The van der Waals surface area contributed by atoms with Crippen LogP contribution in [0.5, 0.6) is 5.75 Å². The van der Waals surface area contributed by atoms with Crippen LogP contribution in [0.15, 0.2) is 23.1 Å². The van der Waals surface area contributed by atoms with Gasteiger partial charge < -0.3 is 15.4 Å². The highest BCUT2D eigenvalue weighted by Crippen LogP contribution is 2.31. The summed E-state index contributed by atoms with van der Waals surface area (Å²) in [5, 5.41) is 5.51. The summed E-state index contributed by atoms with van der Waals surface area (Å²) in [4.78, 5) is 14.6. The summed E-state index contributed by atoms with van der Waals surface area (Å²) in [6.45, 7) is 2.72. The van der Waals surface area contributed by atoms with Crippen molar-refractivity contribution in [1.29, 1.82) is 0 Å². The number of aryl methyl sites for hydroxylation is 1. The predicted molar refractivity (Wildman–Crippen MR) is 87.5 cm³/mol. The van der Waals surface area contributed by atoms with Crippen LogP contribution in [-0.2, 0) is 7.05 Å². The number of anilines is 1. The average molecular weight is 302 g/mol. The van der Waals surface area contributed by atoms with Gasteiger partial charge in [0.2, 0.25) is 0 Å².